The van der Waals surface area contributed by atoms with E-state index in [1.165, 1.54) is 31.4 Å². The van der Waals surface area contributed by atoms with Gasteiger partial charge in [-0.2, -0.15) is 5.10 Å². The van der Waals surface area contributed by atoms with Gasteiger partial charge in [0.2, 0.25) is 0 Å². The Labute approximate surface area is 133 Å². The van der Waals surface area contributed by atoms with Crippen LogP contribution in [-0.2, 0) is 16.4 Å². The summed E-state index contributed by atoms with van der Waals surface area (Å²) in [7, 11) is -2.41. The van der Waals surface area contributed by atoms with Crippen LogP contribution in [0.25, 0.3) is 0 Å². The normalized spacial score (nSPS) is 11.2. The number of sulfonamides is 1. The highest BCUT2D eigenvalue weighted by Gasteiger charge is 2.22. The highest BCUT2D eigenvalue weighted by atomic mass is 35.5. The molecule has 0 radical (unpaired) electrons. The molecule has 1 aromatic carbocycles. The molecule has 7 nitrogen and oxygen atoms in total. The smallest absolute Gasteiger partial charge is 0.265 e. The highest BCUT2D eigenvalue weighted by Crippen LogP contribution is 2.24. The van der Waals surface area contributed by atoms with Crippen molar-refractivity contribution in [3.05, 3.63) is 40.7 Å². The van der Waals surface area contributed by atoms with Crippen LogP contribution >= 0.6 is 11.6 Å². The maximum absolute atomic E-state index is 12.5. The van der Waals surface area contributed by atoms with Crippen molar-refractivity contribution in [2.45, 2.75) is 18.2 Å². The monoisotopic (exact) mass is 342 g/mol. The Bertz CT molecular complexity index is 801. The van der Waals surface area contributed by atoms with E-state index >= 15 is 0 Å². The van der Waals surface area contributed by atoms with Gasteiger partial charge in [0.15, 0.2) is 0 Å². The van der Waals surface area contributed by atoms with E-state index in [9.17, 15) is 13.2 Å². The minimum Gasteiger partial charge on any atom is -0.355 e. The molecule has 22 heavy (non-hydrogen) atoms. The first-order valence-corrected chi connectivity index (χ1v) is 8.31. The first kappa shape index (κ1) is 16.3. The van der Waals surface area contributed by atoms with Gasteiger partial charge in [-0.05, 0) is 24.6 Å². The predicted molar refractivity (Wildman–Crippen MR) is 83.6 cm³/mol. The SMILES string of the molecule is CCc1[nH]ncc1S(=O)(=O)Nc1ccc(Cl)cc1C(=O)NC. The third-order valence-corrected chi connectivity index (χ3v) is 4.67. The van der Waals surface area contributed by atoms with Crippen molar-refractivity contribution in [3.8, 4) is 0 Å². The molecule has 0 atom stereocenters. The number of nitrogens with one attached hydrogen (secondary N) is 3. The van der Waals surface area contributed by atoms with E-state index in [-0.39, 0.29) is 16.1 Å². The predicted octanol–water partition coefficient (Wildman–Crippen LogP) is 1.79. The highest BCUT2D eigenvalue weighted by molar-refractivity contribution is 7.92. The molecule has 0 saturated carbocycles. The Morgan fingerprint density at radius 3 is 2.77 bits per heavy atom. The van der Waals surface area contributed by atoms with E-state index in [0.717, 1.165) is 0 Å². The summed E-state index contributed by atoms with van der Waals surface area (Å²) in [5.41, 5.74) is 0.773. The average Bonchev–Trinajstić information content (AvgIpc) is 2.97. The summed E-state index contributed by atoms with van der Waals surface area (Å²) in [4.78, 5) is 11.9. The molecule has 0 saturated heterocycles. The number of H-pyrrole nitrogens is 1. The zero-order chi connectivity index (χ0) is 16.3. The number of aryl methyl sites for hydroxylation is 1. The Morgan fingerprint density at radius 1 is 1.41 bits per heavy atom. The van der Waals surface area contributed by atoms with Gasteiger partial charge < -0.3 is 5.32 Å². The van der Waals surface area contributed by atoms with Crippen molar-refractivity contribution in [1.82, 2.24) is 15.5 Å². The molecule has 0 aliphatic rings. The lowest BCUT2D eigenvalue weighted by Crippen LogP contribution is -2.22. The second-order valence-corrected chi connectivity index (χ2v) is 6.53. The lowest BCUT2D eigenvalue weighted by molar-refractivity contribution is 0.0964. The fourth-order valence-corrected chi connectivity index (χ4v) is 3.37. The molecule has 0 unspecified atom stereocenters. The molecular formula is C13H15ClN4O3S. The van der Waals surface area contributed by atoms with Gasteiger partial charge >= 0.3 is 0 Å². The van der Waals surface area contributed by atoms with Crippen molar-refractivity contribution in [1.29, 1.82) is 0 Å². The Balaban J connectivity index is 2.44. The minimum atomic E-state index is -3.86. The molecule has 9 heteroatoms. The largest absolute Gasteiger partial charge is 0.355 e. The summed E-state index contributed by atoms with van der Waals surface area (Å²) in [6.45, 7) is 1.81. The minimum absolute atomic E-state index is 0.0489. The molecule has 0 bridgehead atoms. The Kier molecular flexibility index (Phi) is 4.72. The zero-order valence-electron chi connectivity index (χ0n) is 12.0. The third-order valence-electron chi connectivity index (χ3n) is 3.02. The summed E-state index contributed by atoms with van der Waals surface area (Å²) < 4.78 is 27.3. The molecule has 0 fully saturated rings. The molecule has 1 amide bonds. The van der Waals surface area contributed by atoms with E-state index in [0.29, 0.717) is 17.1 Å². The first-order chi connectivity index (χ1) is 10.4. The molecule has 3 N–H and O–H groups in total. The Morgan fingerprint density at radius 2 is 2.14 bits per heavy atom. The summed E-state index contributed by atoms with van der Waals surface area (Å²) in [6, 6.07) is 4.34. The number of aromatic amines is 1. The van der Waals surface area contributed by atoms with Gasteiger partial charge in [0.25, 0.3) is 15.9 Å². The standard InChI is InChI=1S/C13H15ClN4O3S/c1-3-10-12(7-16-17-10)22(20,21)18-11-5-4-8(14)6-9(11)13(19)15-2/h4-7,18H,3H2,1-2H3,(H,15,19)(H,16,17). The summed E-state index contributed by atoms with van der Waals surface area (Å²) in [5, 5.41) is 9.15. The Hall–Kier alpha value is -2.06. The molecule has 0 aliphatic heterocycles. The second-order valence-electron chi connectivity index (χ2n) is 4.44. The number of nitrogens with zero attached hydrogens (tertiary/aromatic N) is 1. The second kappa shape index (κ2) is 6.37. The number of halogens is 1. The molecule has 0 spiro atoms. The van der Waals surface area contributed by atoms with Gasteiger partial charge in [-0.3, -0.25) is 14.6 Å². The van der Waals surface area contributed by atoms with Gasteiger partial charge in [-0.25, -0.2) is 8.42 Å². The first-order valence-electron chi connectivity index (χ1n) is 6.45. The van der Waals surface area contributed by atoms with Gasteiger partial charge in [0.05, 0.1) is 23.1 Å². The lowest BCUT2D eigenvalue weighted by Gasteiger charge is -2.12. The molecule has 0 aliphatic carbocycles. The van der Waals surface area contributed by atoms with Crippen LogP contribution < -0.4 is 10.0 Å². The number of benzene rings is 1. The molecule has 2 aromatic rings. The fourth-order valence-electron chi connectivity index (χ4n) is 1.91. The van der Waals surface area contributed by atoms with Crippen LogP contribution in [0.5, 0.6) is 0 Å². The van der Waals surface area contributed by atoms with E-state index in [1.54, 1.807) is 0 Å². The van der Waals surface area contributed by atoms with Gasteiger partial charge in [-0.1, -0.05) is 18.5 Å². The van der Waals surface area contributed by atoms with E-state index < -0.39 is 15.9 Å². The number of amides is 1. The quantitative estimate of drug-likeness (QED) is 0.770. The number of hydrogen-bond acceptors (Lipinski definition) is 4. The van der Waals surface area contributed by atoms with Gasteiger partial charge in [0.1, 0.15) is 4.90 Å². The third kappa shape index (κ3) is 3.23. The topological polar surface area (TPSA) is 104 Å². The summed E-state index contributed by atoms with van der Waals surface area (Å²) >= 11 is 5.86. The van der Waals surface area contributed by atoms with E-state index in [2.05, 4.69) is 20.2 Å². The van der Waals surface area contributed by atoms with E-state index in [1.807, 2.05) is 6.92 Å². The van der Waals surface area contributed by atoms with Crippen LogP contribution in [0.15, 0.2) is 29.3 Å². The average molecular weight is 343 g/mol. The number of hydrogen-bond donors (Lipinski definition) is 3. The fraction of sp³-hybridized carbons (Fsp3) is 0.231. The summed E-state index contributed by atoms with van der Waals surface area (Å²) in [6.07, 6.45) is 1.72. The molecular weight excluding hydrogens is 328 g/mol. The number of anilines is 1. The lowest BCUT2D eigenvalue weighted by atomic mass is 10.2. The van der Waals surface area contributed by atoms with Crippen LogP contribution in [0, 0.1) is 0 Å². The number of carbonyl (C=O) groups excluding carboxylic acids is 1. The van der Waals surface area contributed by atoms with Crippen LogP contribution in [0.2, 0.25) is 5.02 Å². The molecule has 2 rings (SSSR count). The summed E-state index contributed by atoms with van der Waals surface area (Å²) in [5.74, 6) is -0.442. The van der Waals surface area contributed by atoms with Crippen molar-refractivity contribution in [3.63, 3.8) is 0 Å². The maximum Gasteiger partial charge on any atom is 0.265 e. The van der Waals surface area contributed by atoms with Crippen molar-refractivity contribution in [2.75, 3.05) is 11.8 Å². The van der Waals surface area contributed by atoms with Crippen LogP contribution in [-0.4, -0.2) is 31.6 Å². The van der Waals surface area contributed by atoms with Crippen molar-refractivity contribution >= 4 is 33.2 Å². The van der Waals surface area contributed by atoms with E-state index in [4.69, 9.17) is 11.6 Å². The van der Waals surface area contributed by atoms with Crippen LogP contribution in [0.1, 0.15) is 23.0 Å². The van der Waals surface area contributed by atoms with Crippen molar-refractivity contribution in [2.24, 2.45) is 0 Å². The molecule has 1 heterocycles. The molecule has 118 valence electrons. The van der Waals surface area contributed by atoms with Gasteiger partial charge in [-0.15, -0.1) is 0 Å². The van der Waals surface area contributed by atoms with Crippen LogP contribution in [0.3, 0.4) is 0 Å². The number of rotatable bonds is 5. The maximum atomic E-state index is 12.5. The zero-order valence-corrected chi connectivity index (χ0v) is 13.5. The number of aromatic nitrogens is 2. The number of carbonyl (C=O) groups is 1. The van der Waals surface area contributed by atoms with Crippen molar-refractivity contribution < 1.29 is 13.2 Å². The molecule has 1 aromatic heterocycles. The van der Waals surface area contributed by atoms with Crippen LogP contribution in [0.4, 0.5) is 5.69 Å². The van der Waals surface area contributed by atoms with Gasteiger partial charge in [0, 0.05) is 12.1 Å².